The number of allylic oxidation sites excluding steroid dienone is 1. The molecule has 1 aliphatic rings. The molecule has 3 aromatic rings. The smallest absolute Gasteiger partial charge is 0.338 e. The fraction of sp³-hybridized carbons (Fsp3) is 0.185. The summed E-state index contributed by atoms with van der Waals surface area (Å²) in [7, 11) is 0. The van der Waals surface area contributed by atoms with Crippen LogP contribution in [0.5, 0.6) is 0 Å². The van der Waals surface area contributed by atoms with Gasteiger partial charge in [-0.15, -0.1) is 0 Å². The van der Waals surface area contributed by atoms with Crippen molar-refractivity contribution >= 4 is 12.0 Å². The van der Waals surface area contributed by atoms with Crippen LogP contribution >= 0.6 is 0 Å². The molecule has 1 unspecified atom stereocenters. The molecule has 0 aromatic heterocycles. The molecule has 0 bridgehead atoms. The number of hydrogen-bond donors (Lipinski definition) is 2. The topological polar surface area (TPSA) is 67.4 Å². The Kier molecular flexibility index (Phi) is 6.83. The number of aryl methyl sites for hydroxylation is 2. The third kappa shape index (κ3) is 5.66. The molecule has 2 amide bonds. The molecule has 4 rings (SSSR count). The van der Waals surface area contributed by atoms with Crippen LogP contribution in [0.4, 0.5) is 9.18 Å². The Morgan fingerprint density at radius 3 is 2.30 bits per heavy atom. The highest BCUT2D eigenvalue weighted by Crippen LogP contribution is 2.30. The van der Waals surface area contributed by atoms with Crippen molar-refractivity contribution in [2.75, 3.05) is 0 Å². The van der Waals surface area contributed by atoms with E-state index in [1.54, 1.807) is 12.1 Å². The number of ether oxygens (including phenoxy) is 1. The van der Waals surface area contributed by atoms with E-state index in [1.807, 2.05) is 61.5 Å². The average molecular weight is 445 g/mol. The number of esters is 1. The largest absolute Gasteiger partial charge is 0.457 e. The van der Waals surface area contributed by atoms with Crippen LogP contribution in [0.3, 0.4) is 0 Å². The maximum atomic E-state index is 13.3. The summed E-state index contributed by atoms with van der Waals surface area (Å²) in [6.07, 6.45) is 0.934. The van der Waals surface area contributed by atoms with Crippen LogP contribution in [0.25, 0.3) is 0 Å². The van der Waals surface area contributed by atoms with Crippen LogP contribution in [0.2, 0.25) is 0 Å². The Hall–Kier alpha value is -3.93. The second kappa shape index (κ2) is 10.1. The number of rotatable bonds is 7. The first kappa shape index (κ1) is 22.3. The summed E-state index contributed by atoms with van der Waals surface area (Å²) in [5.74, 6) is -0.802. The fourth-order valence-corrected chi connectivity index (χ4v) is 3.79. The first-order valence-corrected chi connectivity index (χ1v) is 10.8. The molecule has 0 fully saturated rings. The number of amides is 2. The molecule has 3 aromatic carbocycles. The molecule has 5 nitrogen and oxygen atoms in total. The van der Waals surface area contributed by atoms with Gasteiger partial charge in [0.15, 0.2) is 0 Å². The second-order valence-corrected chi connectivity index (χ2v) is 8.02. The van der Waals surface area contributed by atoms with Crippen LogP contribution in [0.15, 0.2) is 90.1 Å². The molecular formula is C27H25FN2O3. The van der Waals surface area contributed by atoms with E-state index in [0.717, 1.165) is 22.3 Å². The van der Waals surface area contributed by atoms with E-state index in [9.17, 15) is 14.0 Å². The van der Waals surface area contributed by atoms with Crippen LogP contribution in [0.1, 0.15) is 34.7 Å². The molecule has 1 heterocycles. The molecule has 6 heteroatoms. The van der Waals surface area contributed by atoms with Gasteiger partial charge in [0.05, 0.1) is 11.6 Å². The lowest BCUT2D eigenvalue weighted by Crippen LogP contribution is -2.46. The summed E-state index contributed by atoms with van der Waals surface area (Å²) in [6, 6.07) is 22.3. The molecule has 1 aliphatic heterocycles. The van der Waals surface area contributed by atoms with Crippen molar-refractivity contribution in [1.29, 1.82) is 0 Å². The van der Waals surface area contributed by atoms with Gasteiger partial charge in [0.25, 0.3) is 0 Å². The molecule has 168 valence electrons. The van der Waals surface area contributed by atoms with Gasteiger partial charge in [0.1, 0.15) is 12.4 Å². The number of carbonyl (C=O) groups excluding carboxylic acids is 2. The Morgan fingerprint density at radius 1 is 0.909 bits per heavy atom. The standard InChI is InChI=1S/C27H25FN2O3/c1-18-7-12-21(13-8-18)25-24(26(31)33-17-20-5-3-2-4-6-20)23(29-27(32)30-25)16-11-19-9-14-22(28)15-10-19/h2-10,12-15,25H,11,16-17H2,1H3,(H2,29,30,32). The summed E-state index contributed by atoms with van der Waals surface area (Å²) in [6.45, 7) is 2.10. The normalized spacial score (nSPS) is 15.6. The molecule has 0 radical (unpaired) electrons. The third-order valence-corrected chi connectivity index (χ3v) is 5.57. The van der Waals surface area contributed by atoms with Crippen LogP contribution in [-0.4, -0.2) is 12.0 Å². The van der Waals surface area contributed by atoms with Crippen molar-refractivity contribution in [3.8, 4) is 0 Å². The van der Waals surface area contributed by atoms with E-state index in [2.05, 4.69) is 10.6 Å². The molecule has 33 heavy (non-hydrogen) atoms. The predicted molar refractivity (Wildman–Crippen MR) is 124 cm³/mol. The number of hydrogen-bond acceptors (Lipinski definition) is 3. The van der Waals surface area contributed by atoms with E-state index >= 15 is 0 Å². The van der Waals surface area contributed by atoms with Crippen molar-refractivity contribution in [1.82, 2.24) is 10.6 Å². The summed E-state index contributed by atoms with van der Waals surface area (Å²) in [5.41, 5.74) is 4.52. The van der Waals surface area contributed by atoms with E-state index in [-0.39, 0.29) is 18.5 Å². The quantitative estimate of drug-likeness (QED) is 0.497. The van der Waals surface area contributed by atoms with Gasteiger partial charge in [-0.3, -0.25) is 0 Å². The summed E-state index contributed by atoms with van der Waals surface area (Å²) in [5, 5.41) is 5.65. The highest BCUT2D eigenvalue weighted by molar-refractivity contribution is 5.95. The lowest BCUT2D eigenvalue weighted by atomic mass is 9.92. The Labute approximate surface area is 192 Å². The minimum atomic E-state index is -0.633. The molecule has 0 aliphatic carbocycles. The van der Waals surface area contributed by atoms with E-state index in [1.165, 1.54) is 12.1 Å². The van der Waals surface area contributed by atoms with Gasteiger partial charge in [0, 0.05) is 5.70 Å². The predicted octanol–water partition coefficient (Wildman–Crippen LogP) is 5.12. The summed E-state index contributed by atoms with van der Waals surface area (Å²) >= 11 is 0. The SMILES string of the molecule is Cc1ccc(C2NC(=O)NC(CCc3ccc(F)cc3)=C2C(=O)OCc2ccccc2)cc1. The highest BCUT2D eigenvalue weighted by atomic mass is 19.1. The van der Waals surface area contributed by atoms with Crippen molar-refractivity contribution in [2.24, 2.45) is 0 Å². The molecule has 0 spiro atoms. The molecule has 1 atom stereocenters. The summed E-state index contributed by atoms with van der Waals surface area (Å²) in [4.78, 5) is 25.7. The number of benzene rings is 3. The molecule has 0 saturated carbocycles. The van der Waals surface area contributed by atoms with E-state index in [4.69, 9.17) is 4.74 Å². The fourth-order valence-electron chi connectivity index (χ4n) is 3.79. The number of carbonyl (C=O) groups is 2. The maximum Gasteiger partial charge on any atom is 0.338 e. The maximum absolute atomic E-state index is 13.3. The van der Waals surface area contributed by atoms with Gasteiger partial charge in [0.2, 0.25) is 0 Å². The number of halogens is 1. The zero-order chi connectivity index (χ0) is 23.2. The van der Waals surface area contributed by atoms with Crippen LogP contribution in [0, 0.1) is 12.7 Å². The molecule has 0 saturated heterocycles. The number of nitrogens with one attached hydrogen (secondary N) is 2. The third-order valence-electron chi connectivity index (χ3n) is 5.57. The van der Waals surface area contributed by atoms with Crippen molar-refractivity contribution in [3.05, 3.63) is 118 Å². The van der Waals surface area contributed by atoms with Crippen molar-refractivity contribution in [2.45, 2.75) is 32.4 Å². The summed E-state index contributed by atoms with van der Waals surface area (Å²) < 4.78 is 18.9. The zero-order valence-corrected chi connectivity index (χ0v) is 18.3. The minimum Gasteiger partial charge on any atom is -0.457 e. The Bertz CT molecular complexity index is 1160. The van der Waals surface area contributed by atoms with Crippen LogP contribution < -0.4 is 10.6 Å². The minimum absolute atomic E-state index is 0.128. The average Bonchev–Trinajstić information content (AvgIpc) is 2.83. The van der Waals surface area contributed by atoms with E-state index in [0.29, 0.717) is 24.1 Å². The Balaban J connectivity index is 1.64. The van der Waals surface area contributed by atoms with Crippen LogP contribution in [-0.2, 0) is 22.6 Å². The first-order valence-electron chi connectivity index (χ1n) is 10.8. The van der Waals surface area contributed by atoms with Gasteiger partial charge < -0.3 is 15.4 Å². The zero-order valence-electron chi connectivity index (χ0n) is 18.3. The van der Waals surface area contributed by atoms with E-state index < -0.39 is 12.0 Å². The first-order chi connectivity index (χ1) is 16.0. The van der Waals surface area contributed by atoms with Crippen molar-refractivity contribution in [3.63, 3.8) is 0 Å². The van der Waals surface area contributed by atoms with Gasteiger partial charge >= 0.3 is 12.0 Å². The lowest BCUT2D eigenvalue weighted by Gasteiger charge is -2.29. The lowest BCUT2D eigenvalue weighted by molar-refractivity contribution is -0.140. The van der Waals surface area contributed by atoms with Crippen molar-refractivity contribution < 1.29 is 18.7 Å². The number of urea groups is 1. The van der Waals surface area contributed by atoms with Gasteiger partial charge in [-0.2, -0.15) is 0 Å². The van der Waals surface area contributed by atoms with Gasteiger partial charge in [-0.1, -0.05) is 72.3 Å². The Morgan fingerprint density at radius 2 is 1.61 bits per heavy atom. The monoisotopic (exact) mass is 444 g/mol. The van der Waals surface area contributed by atoms with Gasteiger partial charge in [-0.05, 0) is 48.6 Å². The molecular weight excluding hydrogens is 419 g/mol. The second-order valence-electron chi connectivity index (χ2n) is 8.02. The highest BCUT2D eigenvalue weighted by Gasteiger charge is 2.33. The van der Waals surface area contributed by atoms with Gasteiger partial charge in [-0.25, -0.2) is 14.0 Å². The molecule has 2 N–H and O–H groups in total.